The van der Waals surface area contributed by atoms with E-state index in [-0.39, 0.29) is 0 Å². The third-order valence-electron chi connectivity index (χ3n) is 3.50. The van der Waals surface area contributed by atoms with Crippen molar-refractivity contribution < 1.29 is 1.37 Å². The highest BCUT2D eigenvalue weighted by molar-refractivity contribution is 5.74. The van der Waals surface area contributed by atoms with Crippen molar-refractivity contribution in [1.29, 1.82) is 0 Å². The Kier molecular flexibility index (Phi) is 3.07. The van der Waals surface area contributed by atoms with Crippen molar-refractivity contribution in [2.75, 3.05) is 0 Å². The molecule has 0 heterocycles. The summed E-state index contributed by atoms with van der Waals surface area (Å²) < 4.78 is 7.78. The van der Waals surface area contributed by atoms with Gasteiger partial charge in [-0.2, -0.15) is 0 Å². The van der Waals surface area contributed by atoms with E-state index in [9.17, 15) is 0 Å². The van der Waals surface area contributed by atoms with E-state index in [1.807, 2.05) is 12.1 Å². The van der Waals surface area contributed by atoms with Crippen molar-refractivity contribution in [3.63, 3.8) is 0 Å². The number of rotatable bonds is 2. The standard InChI is InChI=1S/C20H18/c1-15-8-10-18(11-9-15)20-13-16(2)12-19(14-20)17-6-4-3-5-7-17/h3-14H,1-2H3/i4T. The van der Waals surface area contributed by atoms with Gasteiger partial charge in [0.05, 0.1) is 1.37 Å². The molecule has 0 aliphatic heterocycles. The first-order valence-electron chi connectivity index (χ1n) is 7.37. The predicted molar refractivity (Wildman–Crippen MR) is 86.8 cm³/mol. The third-order valence-corrected chi connectivity index (χ3v) is 3.50. The minimum Gasteiger partial charge on any atom is -0.0622 e. The number of aryl methyl sites for hydroxylation is 2. The molecule has 0 spiro atoms. The van der Waals surface area contributed by atoms with Crippen molar-refractivity contribution >= 4 is 0 Å². The topological polar surface area (TPSA) is 0 Å². The smallest absolute Gasteiger partial charge is 0.0622 e. The van der Waals surface area contributed by atoms with Gasteiger partial charge in [0.2, 0.25) is 0 Å². The van der Waals surface area contributed by atoms with E-state index in [0.717, 1.165) is 5.56 Å². The van der Waals surface area contributed by atoms with E-state index >= 15 is 0 Å². The van der Waals surface area contributed by atoms with Gasteiger partial charge in [0.15, 0.2) is 0 Å². The zero-order valence-corrected chi connectivity index (χ0v) is 11.9. The molecule has 0 aliphatic carbocycles. The van der Waals surface area contributed by atoms with Gasteiger partial charge in [0, 0.05) is 0 Å². The summed E-state index contributed by atoms with van der Waals surface area (Å²) in [5, 5.41) is 0. The molecule has 0 aliphatic rings. The van der Waals surface area contributed by atoms with Crippen molar-refractivity contribution in [2.45, 2.75) is 13.8 Å². The highest BCUT2D eigenvalue weighted by Crippen LogP contribution is 2.28. The van der Waals surface area contributed by atoms with Gasteiger partial charge in [-0.25, -0.2) is 0 Å². The summed E-state index contributed by atoms with van der Waals surface area (Å²) in [6.07, 6.45) is 0. The van der Waals surface area contributed by atoms with Gasteiger partial charge in [0.25, 0.3) is 0 Å². The summed E-state index contributed by atoms with van der Waals surface area (Å²) in [6.45, 7) is 4.22. The first-order chi connectivity index (χ1) is 10.1. The van der Waals surface area contributed by atoms with Crippen LogP contribution in [-0.2, 0) is 0 Å². The van der Waals surface area contributed by atoms with Crippen LogP contribution in [0.25, 0.3) is 22.3 Å². The average Bonchev–Trinajstić information content (AvgIpc) is 2.47. The molecule has 0 nitrogen and oxygen atoms in total. The van der Waals surface area contributed by atoms with Crippen molar-refractivity contribution in [3.05, 3.63) is 83.9 Å². The van der Waals surface area contributed by atoms with Crippen LogP contribution >= 0.6 is 0 Å². The molecule has 98 valence electrons. The van der Waals surface area contributed by atoms with E-state index in [2.05, 4.69) is 62.4 Å². The first kappa shape index (κ1) is 11.5. The molecule has 0 heteroatoms. The highest BCUT2D eigenvalue weighted by atomic mass is 14.1. The van der Waals surface area contributed by atoms with Crippen LogP contribution in [0.5, 0.6) is 0 Å². The van der Waals surface area contributed by atoms with E-state index in [0.29, 0.717) is 6.04 Å². The number of hydrogen-bond acceptors (Lipinski definition) is 0. The zero-order chi connectivity index (χ0) is 14.8. The Labute approximate surface area is 122 Å². The van der Waals surface area contributed by atoms with E-state index in [4.69, 9.17) is 1.37 Å². The molecule has 0 saturated heterocycles. The lowest BCUT2D eigenvalue weighted by Crippen LogP contribution is -1.84. The molecule has 0 fully saturated rings. The van der Waals surface area contributed by atoms with Crippen LogP contribution in [-0.4, -0.2) is 0 Å². The van der Waals surface area contributed by atoms with Crippen LogP contribution in [0.15, 0.2) is 72.8 Å². The molecule has 0 radical (unpaired) electrons. The molecular formula is C20H18. The van der Waals surface area contributed by atoms with E-state index < -0.39 is 0 Å². The molecule has 3 aromatic carbocycles. The van der Waals surface area contributed by atoms with E-state index in [1.165, 1.54) is 27.8 Å². The van der Waals surface area contributed by atoms with Crippen molar-refractivity contribution in [3.8, 4) is 22.3 Å². The summed E-state index contributed by atoms with van der Waals surface area (Å²) in [4.78, 5) is 0. The average molecular weight is 260 g/mol. The van der Waals surface area contributed by atoms with Gasteiger partial charge in [-0.15, -0.1) is 0 Å². The van der Waals surface area contributed by atoms with Gasteiger partial charge in [-0.05, 0) is 47.7 Å². The lowest BCUT2D eigenvalue weighted by atomic mass is 9.96. The molecule has 0 N–H and O–H groups in total. The minimum absolute atomic E-state index is 0.547. The Morgan fingerprint density at radius 3 is 1.90 bits per heavy atom. The van der Waals surface area contributed by atoms with Crippen LogP contribution in [0.4, 0.5) is 0 Å². The third kappa shape index (κ3) is 2.65. The SMILES string of the molecule is [3H]c1cccc(-c2cc(C)cc(-c3ccc(C)cc3)c2)c1. The predicted octanol–water partition coefficient (Wildman–Crippen LogP) is 5.64. The maximum atomic E-state index is 7.78. The van der Waals surface area contributed by atoms with Gasteiger partial charge in [0.1, 0.15) is 0 Å². The van der Waals surface area contributed by atoms with Crippen LogP contribution in [0.1, 0.15) is 12.5 Å². The fourth-order valence-electron chi connectivity index (χ4n) is 2.44. The van der Waals surface area contributed by atoms with Gasteiger partial charge >= 0.3 is 0 Å². The fraction of sp³-hybridized carbons (Fsp3) is 0.100. The lowest BCUT2D eigenvalue weighted by Gasteiger charge is -2.09. The summed E-state index contributed by atoms with van der Waals surface area (Å²) in [6, 6.07) is 23.4. The first-order valence-corrected chi connectivity index (χ1v) is 6.87. The van der Waals surface area contributed by atoms with Crippen LogP contribution in [0.2, 0.25) is 0 Å². The molecule has 0 aromatic heterocycles. The number of benzene rings is 3. The molecule has 0 amide bonds. The van der Waals surface area contributed by atoms with Gasteiger partial charge < -0.3 is 0 Å². The van der Waals surface area contributed by atoms with E-state index in [1.54, 1.807) is 6.07 Å². The second-order valence-electron chi connectivity index (χ2n) is 5.25. The summed E-state index contributed by atoms with van der Waals surface area (Å²) >= 11 is 0. The second-order valence-corrected chi connectivity index (χ2v) is 5.25. The second kappa shape index (κ2) is 5.34. The molecule has 0 saturated carbocycles. The summed E-state index contributed by atoms with van der Waals surface area (Å²) in [5.41, 5.74) is 7.22. The minimum atomic E-state index is 0.547. The van der Waals surface area contributed by atoms with Crippen LogP contribution in [0.3, 0.4) is 0 Å². The number of hydrogen-bond donors (Lipinski definition) is 0. The summed E-state index contributed by atoms with van der Waals surface area (Å²) in [5.74, 6) is 0. The van der Waals surface area contributed by atoms with Gasteiger partial charge in [-0.3, -0.25) is 0 Å². The van der Waals surface area contributed by atoms with Crippen molar-refractivity contribution in [1.82, 2.24) is 0 Å². The largest absolute Gasteiger partial charge is 0.0623 e. The molecule has 20 heavy (non-hydrogen) atoms. The normalized spacial score (nSPS) is 11.2. The maximum absolute atomic E-state index is 7.78. The molecule has 3 rings (SSSR count). The molecule has 3 aromatic rings. The quantitative estimate of drug-likeness (QED) is 0.559. The Hall–Kier alpha value is -2.34. The fourth-order valence-corrected chi connectivity index (χ4v) is 2.44. The Balaban J connectivity index is 2.10. The molecular weight excluding hydrogens is 240 g/mol. The Morgan fingerprint density at radius 2 is 1.25 bits per heavy atom. The summed E-state index contributed by atoms with van der Waals surface area (Å²) in [7, 11) is 0. The Morgan fingerprint density at radius 1 is 0.600 bits per heavy atom. The molecule has 0 bridgehead atoms. The molecule has 0 unspecified atom stereocenters. The van der Waals surface area contributed by atoms with Crippen LogP contribution < -0.4 is 0 Å². The lowest BCUT2D eigenvalue weighted by molar-refractivity contribution is 1.44. The van der Waals surface area contributed by atoms with Crippen molar-refractivity contribution in [2.24, 2.45) is 0 Å². The van der Waals surface area contributed by atoms with Gasteiger partial charge in [-0.1, -0.05) is 72.3 Å². The molecule has 0 atom stereocenters. The monoisotopic (exact) mass is 260 g/mol. The highest BCUT2D eigenvalue weighted by Gasteiger charge is 2.03. The maximum Gasteiger partial charge on any atom is 0.0623 e. The zero-order valence-electron chi connectivity index (χ0n) is 12.9. The Bertz CT molecular complexity index is 770. The van der Waals surface area contributed by atoms with Crippen LogP contribution in [0, 0.1) is 13.8 Å².